The molecule has 0 aliphatic heterocycles. The van der Waals surface area contributed by atoms with Gasteiger partial charge in [0.05, 0.1) is 19.0 Å². The van der Waals surface area contributed by atoms with E-state index in [2.05, 4.69) is 44.8 Å². The summed E-state index contributed by atoms with van der Waals surface area (Å²) >= 11 is 2.97. The Morgan fingerprint density at radius 3 is 2.65 bits per heavy atom. The molecular weight excluding hydrogens is 338 g/mol. The van der Waals surface area contributed by atoms with Gasteiger partial charge in [-0.1, -0.05) is 29.3 Å². The molecule has 2 aromatic rings. The van der Waals surface area contributed by atoms with E-state index in [1.807, 2.05) is 30.1 Å². The molecule has 0 bridgehead atoms. The van der Waals surface area contributed by atoms with Crippen molar-refractivity contribution in [3.05, 3.63) is 40.6 Å². The molecule has 108 valence electrons. The first-order valence-electron chi connectivity index (χ1n) is 6.47. The number of aromatic nitrogens is 2. The molecule has 2 rings (SSSR count). The normalized spacial score (nSPS) is 12.4. The monoisotopic (exact) mass is 356 g/mol. The number of anilines is 1. The highest BCUT2D eigenvalue weighted by atomic mass is 79.9. The molecule has 4 nitrogen and oxygen atoms in total. The van der Waals surface area contributed by atoms with Gasteiger partial charge in [0.15, 0.2) is 0 Å². The van der Waals surface area contributed by atoms with Gasteiger partial charge in [-0.25, -0.2) is 0 Å². The van der Waals surface area contributed by atoms with Crippen molar-refractivity contribution in [1.82, 2.24) is 9.78 Å². The summed E-state index contributed by atoms with van der Waals surface area (Å²) in [6.07, 6.45) is 4.04. The Morgan fingerprint density at radius 2 is 2.05 bits per heavy atom. The average molecular weight is 357 g/mol. The molecule has 0 aliphatic rings. The first-order valence-corrected chi connectivity index (χ1v) is 8.41. The second kappa shape index (κ2) is 7.15. The van der Waals surface area contributed by atoms with Crippen molar-refractivity contribution >= 4 is 33.0 Å². The van der Waals surface area contributed by atoms with Gasteiger partial charge in [0.25, 0.3) is 0 Å². The van der Waals surface area contributed by atoms with Gasteiger partial charge >= 0.3 is 11.4 Å². The molecule has 1 atom stereocenters. The maximum atomic E-state index is 5.59. The number of halogens is 1. The molecule has 0 saturated heterocycles. The molecule has 1 heterocycles. The summed E-state index contributed by atoms with van der Waals surface area (Å²) in [5.41, 5.74) is 2.13. The van der Waals surface area contributed by atoms with E-state index in [-0.39, 0.29) is 0 Å². The summed E-state index contributed by atoms with van der Waals surface area (Å²) in [7, 11) is 3.66. The van der Waals surface area contributed by atoms with Crippen LogP contribution in [0.5, 0.6) is 0 Å². The van der Waals surface area contributed by atoms with Crippen LogP contribution in [0.15, 0.2) is 39.8 Å². The van der Waals surface area contributed by atoms with Crippen molar-refractivity contribution < 1.29 is 4.18 Å². The Morgan fingerprint density at radius 1 is 1.35 bits per heavy atom. The minimum absolute atomic E-state index is 0.479. The van der Waals surface area contributed by atoms with Crippen LogP contribution in [0.25, 0.3) is 0 Å². The van der Waals surface area contributed by atoms with E-state index >= 15 is 0 Å². The molecule has 0 amide bonds. The second-order valence-electron chi connectivity index (χ2n) is 4.40. The van der Waals surface area contributed by atoms with Crippen LogP contribution < -0.4 is 4.72 Å². The number of aryl methyl sites for hydroxylation is 2. The Bertz CT molecular complexity index is 556. The fraction of sp³-hybridized carbons (Fsp3) is 0.357. The fourth-order valence-corrected chi connectivity index (χ4v) is 3.31. The number of benzene rings is 1. The van der Waals surface area contributed by atoms with Gasteiger partial charge in [-0.3, -0.25) is 4.68 Å². The van der Waals surface area contributed by atoms with Gasteiger partial charge in [0.2, 0.25) is 4.90 Å². The van der Waals surface area contributed by atoms with Crippen LogP contribution in [-0.2, 0) is 29.0 Å². The average Bonchev–Trinajstić information content (AvgIpc) is 2.77. The minimum atomic E-state index is -0.479. The van der Waals surface area contributed by atoms with Crippen LogP contribution >= 0.6 is 15.9 Å². The maximum Gasteiger partial charge on any atom is 0.305 e. The predicted molar refractivity (Wildman–Crippen MR) is 87.6 cm³/mol. The molecule has 0 spiro atoms. The van der Waals surface area contributed by atoms with E-state index in [1.54, 1.807) is 7.11 Å². The number of nitrogens with one attached hydrogen (secondary N) is 1. The van der Waals surface area contributed by atoms with E-state index in [0.29, 0.717) is 0 Å². The second-order valence-corrected chi connectivity index (χ2v) is 6.87. The number of hydrogen-bond acceptors (Lipinski definition) is 3. The summed E-state index contributed by atoms with van der Waals surface area (Å²) in [6.45, 7) is 2.16. The third-order valence-electron chi connectivity index (χ3n) is 2.79. The summed E-state index contributed by atoms with van der Waals surface area (Å²) < 4.78 is 11.9. The summed E-state index contributed by atoms with van der Waals surface area (Å²) in [6, 6.07) is 8.15. The van der Waals surface area contributed by atoms with Crippen LogP contribution in [0.4, 0.5) is 5.69 Å². The van der Waals surface area contributed by atoms with Gasteiger partial charge in [0.1, 0.15) is 5.69 Å². The minimum Gasteiger partial charge on any atom is -0.273 e. The molecule has 1 unspecified atom stereocenters. The molecule has 0 aliphatic carbocycles. The van der Waals surface area contributed by atoms with Gasteiger partial charge in [-0.15, -0.1) is 4.18 Å². The Balaban J connectivity index is 2.19. The van der Waals surface area contributed by atoms with Crippen molar-refractivity contribution in [2.45, 2.75) is 24.7 Å². The van der Waals surface area contributed by atoms with Gasteiger partial charge < -0.3 is 0 Å². The zero-order valence-electron chi connectivity index (χ0n) is 11.9. The Hall–Kier alpha value is -0.980. The fourth-order valence-electron chi connectivity index (χ4n) is 1.90. The largest absolute Gasteiger partial charge is 0.305 e. The lowest BCUT2D eigenvalue weighted by Gasteiger charge is -2.05. The lowest BCUT2D eigenvalue weighted by molar-refractivity contribution is 0.475. The third kappa shape index (κ3) is 3.77. The molecule has 0 radical (unpaired) electrons. The predicted octanol–water partition coefficient (Wildman–Crippen LogP) is 3.70. The SMILES string of the molecule is CCCc1nn(C)cc1N[S+](OC)c1ccc(Br)cc1. The van der Waals surface area contributed by atoms with E-state index < -0.39 is 11.4 Å². The molecule has 0 fully saturated rings. The molecular formula is C14H19BrN3OS+. The molecule has 6 heteroatoms. The number of rotatable bonds is 6. The van der Waals surface area contributed by atoms with Crippen molar-refractivity contribution in [1.29, 1.82) is 0 Å². The van der Waals surface area contributed by atoms with Gasteiger partial charge in [-0.2, -0.15) is 9.82 Å². The van der Waals surface area contributed by atoms with Crippen LogP contribution in [0.3, 0.4) is 0 Å². The van der Waals surface area contributed by atoms with Crippen molar-refractivity contribution in [2.24, 2.45) is 7.05 Å². The summed E-state index contributed by atoms with van der Waals surface area (Å²) in [5, 5.41) is 4.49. The quantitative estimate of drug-likeness (QED) is 0.802. The molecule has 1 aromatic carbocycles. The van der Waals surface area contributed by atoms with Crippen LogP contribution in [-0.4, -0.2) is 16.9 Å². The molecule has 1 aromatic heterocycles. The standard InChI is InChI=1S/C14H19BrN3OS/c1-4-5-13-14(10-18(2)16-13)17-20(19-3)12-8-6-11(15)7-9-12/h6-10,17H,4-5H2,1-3H3/q+1. The topological polar surface area (TPSA) is 39.1 Å². The third-order valence-corrected chi connectivity index (χ3v) is 4.76. The summed E-state index contributed by atoms with van der Waals surface area (Å²) in [5.74, 6) is 0. The number of hydrogen-bond donors (Lipinski definition) is 1. The highest BCUT2D eigenvalue weighted by Gasteiger charge is 2.26. The lowest BCUT2D eigenvalue weighted by atomic mass is 10.2. The maximum absolute atomic E-state index is 5.59. The first kappa shape index (κ1) is 15.4. The lowest BCUT2D eigenvalue weighted by Crippen LogP contribution is -2.16. The van der Waals surface area contributed by atoms with Gasteiger partial charge in [-0.05, 0) is 18.6 Å². The number of nitrogens with zero attached hydrogens (tertiary/aromatic N) is 2. The zero-order valence-corrected chi connectivity index (χ0v) is 14.3. The Kier molecular flexibility index (Phi) is 5.51. The highest BCUT2D eigenvalue weighted by molar-refractivity contribution is 9.10. The molecule has 1 N–H and O–H groups in total. The van der Waals surface area contributed by atoms with E-state index in [1.165, 1.54) is 0 Å². The molecule has 0 saturated carbocycles. The van der Waals surface area contributed by atoms with E-state index in [4.69, 9.17) is 4.18 Å². The Labute approximate surface area is 131 Å². The van der Waals surface area contributed by atoms with Crippen molar-refractivity contribution in [3.63, 3.8) is 0 Å². The molecule has 20 heavy (non-hydrogen) atoms. The smallest absolute Gasteiger partial charge is 0.273 e. The highest BCUT2D eigenvalue weighted by Crippen LogP contribution is 2.23. The van der Waals surface area contributed by atoms with Crippen LogP contribution in [0.2, 0.25) is 0 Å². The first-order chi connectivity index (χ1) is 9.63. The zero-order chi connectivity index (χ0) is 14.5. The summed E-state index contributed by atoms with van der Waals surface area (Å²) in [4.78, 5) is 1.11. The van der Waals surface area contributed by atoms with Crippen molar-refractivity contribution in [2.75, 3.05) is 11.8 Å². The van der Waals surface area contributed by atoms with E-state index in [9.17, 15) is 0 Å². The van der Waals surface area contributed by atoms with E-state index in [0.717, 1.165) is 33.6 Å². The van der Waals surface area contributed by atoms with Gasteiger partial charge in [0, 0.05) is 23.7 Å². The van der Waals surface area contributed by atoms with Crippen LogP contribution in [0.1, 0.15) is 19.0 Å². The van der Waals surface area contributed by atoms with Crippen LogP contribution in [0, 0.1) is 0 Å². The van der Waals surface area contributed by atoms with Crippen molar-refractivity contribution in [3.8, 4) is 0 Å².